The summed E-state index contributed by atoms with van der Waals surface area (Å²) in [4.78, 5) is 63.4. The van der Waals surface area contributed by atoms with Gasteiger partial charge in [-0.3, -0.25) is 24.2 Å². The molecule has 13 N–H and O–H groups in total. The number of carbonyl (C=O) groups is 5. The second-order valence-electron chi connectivity index (χ2n) is 7.84. The molecule has 0 saturated heterocycles. The number of amides is 3. The zero-order chi connectivity index (χ0) is 27.3. The maximum atomic E-state index is 12.8. The van der Waals surface area contributed by atoms with Crippen LogP contribution in [0.25, 0.3) is 0 Å². The molecule has 35 heavy (non-hydrogen) atoms. The summed E-state index contributed by atoms with van der Waals surface area (Å²) in [6.45, 7) is 2.42. The Balaban J connectivity index is 5.52. The molecule has 0 aromatic carbocycles. The molecule has 0 bridgehead atoms. The van der Waals surface area contributed by atoms with Crippen molar-refractivity contribution >= 4 is 35.6 Å². The molecular formula is C19H35N7O9. The molecule has 0 heterocycles. The molecule has 0 aliphatic heterocycles. The Bertz CT molecular complexity index is 785. The number of aliphatic hydroxyl groups excluding tert-OH is 2. The number of carbonyl (C=O) groups excluding carboxylic acids is 3. The lowest BCUT2D eigenvalue weighted by molar-refractivity contribution is -0.145. The van der Waals surface area contributed by atoms with Crippen LogP contribution in [0.2, 0.25) is 0 Å². The summed E-state index contributed by atoms with van der Waals surface area (Å²) in [6, 6.07) is -5.87. The summed E-state index contributed by atoms with van der Waals surface area (Å²) in [5, 5.41) is 44.1. The maximum Gasteiger partial charge on any atom is 0.328 e. The van der Waals surface area contributed by atoms with Gasteiger partial charge in [0.2, 0.25) is 17.7 Å². The van der Waals surface area contributed by atoms with E-state index in [0.29, 0.717) is 0 Å². The van der Waals surface area contributed by atoms with E-state index in [4.69, 9.17) is 22.3 Å². The third kappa shape index (κ3) is 12.5. The van der Waals surface area contributed by atoms with Gasteiger partial charge in [-0.1, -0.05) is 0 Å². The maximum absolute atomic E-state index is 12.8. The number of rotatable bonds is 16. The average molecular weight is 506 g/mol. The molecule has 3 amide bonds. The van der Waals surface area contributed by atoms with Gasteiger partial charge in [0.25, 0.3) is 0 Å². The van der Waals surface area contributed by atoms with Crippen LogP contribution in [0.15, 0.2) is 4.99 Å². The Hall–Kier alpha value is -3.50. The fraction of sp³-hybridized carbons (Fsp3) is 0.684. The number of hydrogen-bond acceptors (Lipinski definition) is 9. The molecule has 0 radical (unpaired) electrons. The van der Waals surface area contributed by atoms with E-state index in [0.717, 1.165) is 6.92 Å². The topological polar surface area (TPSA) is 293 Å². The van der Waals surface area contributed by atoms with Crippen LogP contribution < -0.4 is 33.2 Å². The molecule has 16 heteroatoms. The van der Waals surface area contributed by atoms with Gasteiger partial charge in [0, 0.05) is 13.0 Å². The molecule has 0 aliphatic carbocycles. The average Bonchev–Trinajstić information content (AvgIpc) is 2.74. The SMILES string of the molecule is CC(O)C(NC(=O)C(CCCN=C(N)N)NC(=O)C(NC(=O)C(N)CCC(=O)O)C(C)O)C(=O)O. The number of nitrogens with zero attached hydrogens (tertiary/aromatic N) is 1. The van der Waals surface area contributed by atoms with Crippen LogP contribution in [0.4, 0.5) is 0 Å². The summed E-state index contributed by atoms with van der Waals surface area (Å²) in [5.41, 5.74) is 16.1. The molecule has 200 valence electrons. The predicted molar refractivity (Wildman–Crippen MR) is 122 cm³/mol. The fourth-order valence-corrected chi connectivity index (χ4v) is 2.75. The molecule has 16 nitrogen and oxygen atoms in total. The first kappa shape index (κ1) is 31.5. The lowest BCUT2D eigenvalue weighted by atomic mass is 10.1. The standard InChI is InChI=1S/C19H35N7O9/c1-8(27)13(25-15(31)10(20)5-6-12(29)30)17(33)24-11(4-3-7-23-19(21)22)16(32)26-14(9(2)28)18(34)35/h8-11,13-14,27-28H,3-7,20H2,1-2H3,(H,24,33)(H,25,31)(H,26,32)(H,29,30)(H,34,35)(H4,21,22,23). The Morgan fingerprint density at radius 3 is 1.83 bits per heavy atom. The van der Waals surface area contributed by atoms with E-state index in [1.807, 2.05) is 0 Å². The Morgan fingerprint density at radius 2 is 1.37 bits per heavy atom. The first-order valence-corrected chi connectivity index (χ1v) is 10.7. The summed E-state index contributed by atoms with van der Waals surface area (Å²) in [5.74, 6) is -5.74. The van der Waals surface area contributed by atoms with Crippen LogP contribution in [0, 0.1) is 0 Å². The third-order valence-corrected chi connectivity index (χ3v) is 4.69. The normalized spacial score (nSPS) is 15.9. The highest BCUT2D eigenvalue weighted by atomic mass is 16.4. The number of carboxylic acids is 2. The Kier molecular flexibility index (Phi) is 13.9. The molecule has 0 aromatic rings. The van der Waals surface area contributed by atoms with Crippen LogP contribution in [-0.4, -0.2) is 99.0 Å². The number of guanidine groups is 1. The summed E-state index contributed by atoms with van der Waals surface area (Å²) in [6.07, 6.45) is -3.41. The second kappa shape index (κ2) is 15.4. The van der Waals surface area contributed by atoms with Gasteiger partial charge in [-0.25, -0.2) is 4.79 Å². The van der Waals surface area contributed by atoms with E-state index in [-0.39, 0.29) is 31.8 Å². The van der Waals surface area contributed by atoms with Crippen molar-refractivity contribution in [3.05, 3.63) is 0 Å². The van der Waals surface area contributed by atoms with Crippen molar-refractivity contribution in [2.45, 2.75) is 75.9 Å². The highest BCUT2D eigenvalue weighted by molar-refractivity contribution is 5.94. The van der Waals surface area contributed by atoms with Gasteiger partial charge < -0.3 is 53.6 Å². The number of aliphatic imine (C=N–C) groups is 1. The molecular weight excluding hydrogens is 470 g/mol. The van der Waals surface area contributed by atoms with Crippen molar-refractivity contribution in [3.63, 3.8) is 0 Å². The van der Waals surface area contributed by atoms with Gasteiger partial charge >= 0.3 is 11.9 Å². The van der Waals surface area contributed by atoms with Crippen LogP contribution in [0.3, 0.4) is 0 Å². The first-order valence-electron chi connectivity index (χ1n) is 10.7. The van der Waals surface area contributed by atoms with Crippen molar-refractivity contribution in [1.82, 2.24) is 16.0 Å². The number of nitrogens with one attached hydrogen (secondary N) is 3. The molecule has 0 aromatic heterocycles. The fourth-order valence-electron chi connectivity index (χ4n) is 2.75. The van der Waals surface area contributed by atoms with Gasteiger partial charge in [-0.15, -0.1) is 0 Å². The molecule has 0 aliphatic rings. The lowest BCUT2D eigenvalue weighted by Crippen LogP contribution is -2.60. The summed E-state index contributed by atoms with van der Waals surface area (Å²) >= 11 is 0. The van der Waals surface area contributed by atoms with Crippen molar-refractivity contribution in [2.75, 3.05) is 6.54 Å². The Labute approximate surface area is 201 Å². The minimum Gasteiger partial charge on any atom is -0.481 e. The minimum atomic E-state index is -1.67. The summed E-state index contributed by atoms with van der Waals surface area (Å²) < 4.78 is 0. The third-order valence-electron chi connectivity index (χ3n) is 4.69. The largest absolute Gasteiger partial charge is 0.481 e. The molecule has 0 saturated carbocycles. The van der Waals surface area contributed by atoms with E-state index in [2.05, 4.69) is 20.9 Å². The van der Waals surface area contributed by atoms with Gasteiger partial charge in [-0.05, 0) is 33.1 Å². The molecule has 0 rings (SSSR count). The minimum absolute atomic E-state index is 0.0703. The molecule has 6 atom stereocenters. The van der Waals surface area contributed by atoms with Gasteiger partial charge in [0.1, 0.15) is 12.1 Å². The number of aliphatic hydroxyl groups is 2. The van der Waals surface area contributed by atoms with Crippen molar-refractivity contribution in [2.24, 2.45) is 22.2 Å². The number of hydrogen-bond donors (Lipinski definition) is 10. The van der Waals surface area contributed by atoms with Gasteiger partial charge in [-0.2, -0.15) is 0 Å². The number of nitrogens with two attached hydrogens (primary N) is 3. The highest BCUT2D eigenvalue weighted by Crippen LogP contribution is 2.05. The van der Waals surface area contributed by atoms with E-state index < -0.39 is 72.5 Å². The van der Waals surface area contributed by atoms with E-state index in [1.54, 1.807) is 0 Å². The molecule has 0 fully saturated rings. The van der Waals surface area contributed by atoms with E-state index in [1.165, 1.54) is 6.92 Å². The second-order valence-corrected chi connectivity index (χ2v) is 7.84. The zero-order valence-electron chi connectivity index (χ0n) is 19.5. The predicted octanol–water partition coefficient (Wildman–Crippen LogP) is -4.47. The van der Waals surface area contributed by atoms with Crippen LogP contribution in [-0.2, 0) is 24.0 Å². The zero-order valence-corrected chi connectivity index (χ0v) is 19.5. The van der Waals surface area contributed by atoms with E-state index in [9.17, 15) is 39.3 Å². The quantitative estimate of drug-likeness (QED) is 0.0539. The van der Waals surface area contributed by atoms with Crippen LogP contribution in [0.1, 0.15) is 39.5 Å². The van der Waals surface area contributed by atoms with Crippen molar-refractivity contribution < 1.29 is 44.4 Å². The van der Waals surface area contributed by atoms with Crippen LogP contribution >= 0.6 is 0 Å². The van der Waals surface area contributed by atoms with Crippen molar-refractivity contribution in [3.8, 4) is 0 Å². The highest BCUT2D eigenvalue weighted by Gasteiger charge is 2.33. The van der Waals surface area contributed by atoms with Crippen molar-refractivity contribution in [1.29, 1.82) is 0 Å². The number of carboxylic acid groups (broad SMARTS) is 2. The first-order chi connectivity index (χ1) is 16.2. The van der Waals surface area contributed by atoms with Crippen LogP contribution in [0.5, 0.6) is 0 Å². The summed E-state index contributed by atoms with van der Waals surface area (Å²) in [7, 11) is 0. The van der Waals surface area contributed by atoms with Gasteiger partial charge in [0.15, 0.2) is 12.0 Å². The number of aliphatic carboxylic acids is 2. The Morgan fingerprint density at radius 1 is 0.829 bits per heavy atom. The lowest BCUT2D eigenvalue weighted by Gasteiger charge is -2.26. The smallest absolute Gasteiger partial charge is 0.328 e. The monoisotopic (exact) mass is 505 g/mol. The van der Waals surface area contributed by atoms with E-state index >= 15 is 0 Å². The molecule has 0 spiro atoms. The van der Waals surface area contributed by atoms with Gasteiger partial charge in [0.05, 0.1) is 18.2 Å². The molecule has 6 unspecified atom stereocenters.